The zero-order valence-electron chi connectivity index (χ0n) is 10.0. The summed E-state index contributed by atoms with van der Waals surface area (Å²) in [6.45, 7) is 8.81. The highest BCUT2D eigenvalue weighted by Crippen LogP contribution is 2.76. The van der Waals surface area contributed by atoms with Gasteiger partial charge in [0.1, 0.15) is 0 Å². The van der Waals surface area contributed by atoms with Crippen LogP contribution < -0.4 is 0 Å². The van der Waals surface area contributed by atoms with Gasteiger partial charge in [0.05, 0.1) is 0 Å². The average Bonchev–Trinajstić information content (AvgIpc) is 2.53. The van der Waals surface area contributed by atoms with Crippen LogP contribution in [0.3, 0.4) is 0 Å². The lowest BCUT2D eigenvalue weighted by Crippen LogP contribution is -2.41. The zero-order valence-corrected chi connectivity index (χ0v) is 10.0. The largest absolute Gasteiger partial charge is 0.158 e. The molecule has 0 nitrogen and oxygen atoms in total. The molecule has 0 aromatic carbocycles. The van der Waals surface area contributed by atoms with E-state index in [9.17, 15) is 0 Å². The second-order valence-corrected chi connectivity index (χ2v) is 7.25. The van der Waals surface area contributed by atoms with Gasteiger partial charge in [-0.05, 0) is 0 Å². The molecule has 14 heavy (non-hydrogen) atoms. The van der Waals surface area contributed by atoms with Crippen molar-refractivity contribution in [3.05, 3.63) is 0 Å². The van der Waals surface area contributed by atoms with E-state index in [1.807, 2.05) is 0 Å². The lowest BCUT2D eigenvalue weighted by molar-refractivity contribution is 0.373. The fourth-order valence-electron chi connectivity index (χ4n) is 5.80. The molecule has 3 heterocycles. The van der Waals surface area contributed by atoms with Crippen LogP contribution in [0.5, 0.6) is 0 Å². The van der Waals surface area contributed by atoms with Crippen LogP contribution in [0, 0.1) is 0 Å². The Labute approximate surface area is 88.9 Å². The number of hydrogen-bond acceptors (Lipinski definition) is 0. The normalized spacial score (nSPS) is 56.4. The summed E-state index contributed by atoms with van der Waals surface area (Å²) in [5, 5.41) is 2.17. The molecular weight excluding hydrogens is 167 g/mol. The summed E-state index contributed by atoms with van der Waals surface area (Å²) in [5.74, 6) is 0. The standard InChI is InChI=1S/C13H23B/c1-11-5-4-6-12(2)8-10-13(3,9-7-11)14(11)12/h4-10H2,1-3H3. The minimum Gasteiger partial charge on any atom is -0.0662 e. The molecule has 3 aliphatic heterocycles. The van der Waals surface area contributed by atoms with Crippen molar-refractivity contribution in [2.75, 3.05) is 0 Å². The first kappa shape index (κ1) is 9.30. The van der Waals surface area contributed by atoms with Gasteiger partial charge >= 0.3 is 0 Å². The highest BCUT2D eigenvalue weighted by Gasteiger charge is 2.65. The fraction of sp³-hybridized carbons (Fsp3) is 1.00. The van der Waals surface area contributed by atoms with Crippen molar-refractivity contribution in [1.29, 1.82) is 0 Å². The quantitative estimate of drug-likeness (QED) is 0.492. The van der Waals surface area contributed by atoms with Gasteiger partial charge in [0.2, 0.25) is 0 Å². The van der Waals surface area contributed by atoms with Crippen molar-refractivity contribution in [2.24, 2.45) is 0 Å². The van der Waals surface area contributed by atoms with Gasteiger partial charge in [-0.15, -0.1) is 0 Å². The Morgan fingerprint density at radius 3 is 1.43 bits per heavy atom. The summed E-state index contributed by atoms with van der Waals surface area (Å²) in [5.41, 5.74) is 0. The molecular formula is C13H23B. The Morgan fingerprint density at radius 1 is 0.643 bits per heavy atom. The summed E-state index contributed by atoms with van der Waals surface area (Å²) < 4.78 is 0. The van der Waals surface area contributed by atoms with Crippen LogP contribution in [0.1, 0.15) is 65.7 Å². The van der Waals surface area contributed by atoms with Gasteiger partial charge in [-0.1, -0.05) is 81.7 Å². The molecule has 0 aromatic heterocycles. The van der Waals surface area contributed by atoms with E-state index in [4.69, 9.17) is 0 Å². The minimum absolute atomic E-state index is 0.720. The Morgan fingerprint density at radius 2 is 1.00 bits per heavy atom. The molecule has 0 bridgehead atoms. The van der Waals surface area contributed by atoms with Crippen molar-refractivity contribution in [3.8, 4) is 0 Å². The fourth-order valence-corrected chi connectivity index (χ4v) is 5.80. The van der Waals surface area contributed by atoms with Gasteiger partial charge in [-0.3, -0.25) is 0 Å². The third-order valence-electron chi connectivity index (χ3n) is 6.12. The van der Waals surface area contributed by atoms with Gasteiger partial charge in [-0.2, -0.15) is 0 Å². The topological polar surface area (TPSA) is 0 Å². The van der Waals surface area contributed by atoms with E-state index in [1.165, 1.54) is 44.9 Å². The molecule has 0 aliphatic carbocycles. The van der Waals surface area contributed by atoms with E-state index in [-0.39, 0.29) is 0 Å². The second-order valence-electron chi connectivity index (χ2n) is 7.25. The highest BCUT2D eigenvalue weighted by atomic mass is 14.5. The Bertz CT molecular complexity index is 250. The van der Waals surface area contributed by atoms with E-state index in [0.717, 1.165) is 22.7 Å². The van der Waals surface area contributed by atoms with Crippen LogP contribution in [0.4, 0.5) is 0 Å². The van der Waals surface area contributed by atoms with Crippen LogP contribution >= 0.6 is 0 Å². The molecule has 0 spiro atoms. The van der Waals surface area contributed by atoms with Gasteiger partial charge < -0.3 is 0 Å². The van der Waals surface area contributed by atoms with Crippen LogP contribution in [-0.2, 0) is 0 Å². The lowest BCUT2D eigenvalue weighted by atomic mass is 9.17. The first-order chi connectivity index (χ1) is 6.49. The van der Waals surface area contributed by atoms with Crippen molar-refractivity contribution in [1.82, 2.24) is 0 Å². The van der Waals surface area contributed by atoms with Crippen molar-refractivity contribution in [2.45, 2.75) is 81.7 Å². The third kappa shape index (κ3) is 0.920. The molecule has 3 rings (SSSR count). The highest BCUT2D eigenvalue weighted by molar-refractivity contribution is 6.70. The molecule has 3 fully saturated rings. The smallest absolute Gasteiger partial charge is 0.0662 e. The molecule has 78 valence electrons. The monoisotopic (exact) mass is 190 g/mol. The lowest BCUT2D eigenvalue weighted by Gasteiger charge is -2.46. The summed E-state index contributed by atoms with van der Waals surface area (Å²) in [7, 11) is 0. The van der Waals surface area contributed by atoms with Gasteiger partial charge in [0.15, 0.2) is 6.71 Å². The van der Waals surface area contributed by atoms with Crippen LogP contribution in [0.2, 0.25) is 15.9 Å². The Kier molecular flexibility index (Phi) is 1.60. The van der Waals surface area contributed by atoms with Gasteiger partial charge in [0.25, 0.3) is 0 Å². The molecule has 1 heteroatoms. The number of hydrogen-bond donors (Lipinski definition) is 0. The van der Waals surface area contributed by atoms with Crippen molar-refractivity contribution >= 4 is 6.71 Å². The van der Waals surface area contributed by atoms with Crippen LogP contribution in [0.15, 0.2) is 0 Å². The predicted molar refractivity (Wildman–Crippen MR) is 63.2 cm³/mol. The van der Waals surface area contributed by atoms with E-state index in [0.29, 0.717) is 0 Å². The van der Waals surface area contributed by atoms with E-state index in [2.05, 4.69) is 20.8 Å². The first-order valence-electron chi connectivity index (χ1n) is 6.49. The third-order valence-corrected chi connectivity index (χ3v) is 6.12. The van der Waals surface area contributed by atoms with Crippen molar-refractivity contribution in [3.63, 3.8) is 0 Å². The van der Waals surface area contributed by atoms with E-state index < -0.39 is 0 Å². The van der Waals surface area contributed by atoms with Crippen molar-refractivity contribution < 1.29 is 0 Å². The van der Waals surface area contributed by atoms with E-state index in [1.54, 1.807) is 0 Å². The molecule has 0 radical (unpaired) electrons. The molecule has 0 N–H and O–H groups in total. The van der Waals surface area contributed by atoms with Gasteiger partial charge in [0, 0.05) is 0 Å². The molecule has 2 unspecified atom stereocenters. The maximum Gasteiger partial charge on any atom is 0.158 e. The SMILES string of the molecule is CC12CCCC3(C)CCC(C)(CC1)B23. The summed E-state index contributed by atoms with van der Waals surface area (Å²) in [4.78, 5) is 0. The summed E-state index contributed by atoms with van der Waals surface area (Å²) in [6.07, 6.45) is 10.6. The average molecular weight is 190 g/mol. The molecule has 3 saturated heterocycles. The molecule has 2 atom stereocenters. The van der Waals surface area contributed by atoms with Crippen LogP contribution in [-0.4, -0.2) is 6.71 Å². The first-order valence-corrected chi connectivity index (χ1v) is 6.49. The molecule has 0 amide bonds. The summed E-state index contributed by atoms with van der Waals surface area (Å²) >= 11 is 0. The zero-order chi connectivity index (χ0) is 10.0. The Balaban J connectivity index is 2.07. The predicted octanol–water partition coefficient (Wildman–Crippen LogP) is 4.53. The maximum atomic E-state index is 2.59. The maximum absolute atomic E-state index is 2.59. The Hall–Kier alpha value is 0.0649. The summed E-state index contributed by atoms with van der Waals surface area (Å²) in [6, 6.07) is 0. The number of rotatable bonds is 0. The molecule has 3 aliphatic rings. The van der Waals surface area contributed by atoms with Crippen LogP contribution in [0.25, 0.3) is 0 Å². The molecule has 0 saturated carbocycles. The van der Waals surface area contributed by atoms with Gasteiger partial charge in [-0.25, -0.2) is 0 Å². The van der Waals surface area contributed by atoms with E-state index >= 15 is 0 Å². The molecule has 0 aromatic rings. The minimum atomic E-state index is 0.720. The second kappa shape index (κ2) is 2.41.